The van der Waals surface area contributed by atoms with Crippen molar-refractivity contribution in [2.45, 2.75) is 27.7 Å². The van der Waals surface area contributed by atoms with Crippen LogP contribution in [-0.2, 0) is 0 Å². The molecule has 2 aromatic carbocycles. The van der Waals surface area contributed by atoms with Crippen LogP contribution in [0.15, 0.2) is 42.5 Å². The lowest BCUT2D eigenvalue weighted by atomic mass is 10.1. The van der Waals surface area contributed by atoms with Gasteiger partial charge in [-0.3, -0.25) is 0 Å². The Morgan fingerprint density at radius 3 is 2.35 bits per heavy atom. The molecule has 4 heteroatoms. The summed E-state index contributed by atoms with van der Waals surface area (Å²) in [6, 6.07) is 13.6. The number of hydrogen-bond acceptors (Lipinski definition) is 2. The number of hydrogen-bond donors (Lipinski definition) is 2. The number of urea groups is 1. The van der Waals surface area contributed by atoms with Crippen LogP contribution in [0.4, 0.5) is 21.9 Å². The van der Waals surface area contributed by atoms with Crippen LogP contribution in [0.25, 0.3) is 0 Å². The van der Waals surface area contributed by atoms with E-state index in [-0.39, 0.29) is 6.03 Å². The predicted octanol–water partition coefficient (Wildman–Crippen LogP) is 4.79. The molecule has 0 spiro atoms. The Balaban J connectivity index is 2.06. The van der Waals surface area contributed by atoms with E-state index in [0.717, 1.165) is 35.6 Å². The van der Waals surface area contributed by atoms with Crippen molar-refractivity contribution in [3.8, 4) is 0 Å². The third kappa shape index (κ3) is 4.49. The number of rotatable bonds is 5. The molecule has 0 aliphatic rings. The van der Waals surface area contributed by atoms with Gasteiger partial charge < -0.3 is 15.5 Å². The molecule has 0 atom stereocenters. The average Bonchev–Trinajstić information content (AvgIpc) is 2.51. The molecule has 0 aliphatic heterocycles. The van der Waals surface area contributed by atoms with Gasteiger partial charge in [0.05, 0.1) is 0 Å². The van der Waals surface area contributed by atoms with E-state index in [1.807, 2.05) is 50.2 Å². The minimum Gasteiger partial charge on any atom is -0.372 e. The second-order valence-electron chi connectivity index (χ2n) is 5.62. The molecule has 2 amide bonds. The first-order valence-corrected chi connectivity index (χ1v) is 8.03. The predicted molar refractivity (Wildman–Crippen MR) is 98.6 cm³/mol. The zero-order valence-corrected chi connectivity index (χ0v) is 14.3. The molecule has 0 bridgehead atoms. The Hall–Kier alpha value is -2.49. The highest BCUT2D eigenvalue weighted by atomic mass is 16.2. The van der Waals surface area contributed by atoms with Crippen LogP contribution in [0.3, 0.4) is 0 Å². The maximum absolute atomic E-state index is 12.1. The first-order valence-electron chi connectivity index (χ1n) is 8.03. The van der Waals surface area contributed by atoms with Crippen LogP contribution < -0.4 is 15.5 Å². The zero-order chi connectivity index (χ0) is 16.8. The average molecular weight is 311 g/mol. The van der Waals surface area contributed by atoms with Crippen LogP contribution in [-0.4, -0.2) is 19.1 Å². The van der Waals surface area contributed by atoms with Crippen LogP contribution in [0.2, 0.25) is 0 Å². The van der Waals surface area contributed by atoms with Crippen molar-refractivity contribution < 1.29 is 4.79 Å². The van der Waals surface area contributed by atoms with E-state index in [1.165, 1.54) is 5.69 Å². The number of carbonyl (C=O) groups excluding carboxylic acids is 1. The quantitative estimate of drug-likeness (QED) is 0.833. The van der Waals surface area contributed by atoms with Crippen molar-refractivity contribution in [2.75, 3.05) is 28.6 Å². The SMILES string of the molecule is CCN(CC)c1ccc(NC(=O)Nc2cccc(C)c2)c(C)c1. The summed E-state index contributed by atoms with van der Waals surface area (Å²) in [6.45, 7) is 10.2. The highest BCUT2D eigenvalue weighted by Crippen LogP contribution is 2.23. The number of nitrogens with zero attached hydrogens (tertiary/aromatic N) is 1. The van der Waals surface area contributed by atoms with Gasteiger partial charge in [0.15, 0.2) is 0 Å². The van der Waals surface area contributed by atoms with Gasteiger partial charge in [-0.2, -0.15) is 0 Å². The lowest BCUT2D eigenvalue weighted by Crippen LogP contribution is -2.22. The van der Waals surface area contributed by atoms with Gasteiger partial charge in [0.2, 0.25) is 0 Å². The molecule has 2 aromatic rings. The molecule has 0 fully saturated rings. The van der Waals surface area contributed by atoms with E-state index < -0.39 is 0 Å². The Morgan fingerprint density at radius 1 is 1.00 bits per heavy atom. The highest BCUT2D eigenvalue weighted by Gasteiger charge is 2.08. The van der Waals surface area contributed by atoms with Gasteiger partial charge in [-0.15, -0.1) is 0 Å². The molecule has 0 unspecified atom stereocenters. The Bertz CT molecular complexity index is 678. The zero-order valence-electron chi connectivity index (χ0n) is 14.3. The van der Waals surface area contributed by atoms with Crippen molar-refractivity contribution in [1.29, 1.82) is 0 Å². The second kappa shape index (κ2) is 7.68. The molecule has 122 valence electrons. The summed E-state index contributed by atoms with van der Waals surface area (Å²) >= 11 is 0. The van der Waals surface area contributed by atoms with Crippen LogP contribution in [0, 0.1) is 13.8 Å². The molecule has 0 saturated carbocycles. The van der Waals surface area contributed by atoms with E-state index in [4.69, 9.17) is 0 Å². The third-order valence-corrected chi connectivity index (χ3v) is 3.86. The molecule has 2 N–H and O–H groups in total. The van der Waals surface area contributed by atoms with Crippen molar-refractivity contribution in [3.05, 3.63) is 53.6 Å². The number of amides is 2. The standard InChI is InChI=1S/C19H25N3O/c1-5-22(6-2)17-10-11-18(15(4)13-17)21-19(23)20-16-9-7-8-14(3)12-16/h7-13H,5-6H2,1-4H3,(H2,20,21,23). The first kappa shape index (κ1) is 16.9. The summed E-state index contributed by atoms with van der Waals surface area (Å²) < 4.78 is 0. The normalized spacial score (nSPS) is 10.3. The summed E-state index contributed by atoms with van der Waals surface area (Å²) in [4.78, 5) is 14.4. The minimum atomic E-state index is -0.228. The largest absolute Gasteiger partial charge is 0.372 e. The highest BCUT2D eigenvalue weighted by molar-refractivity contribution is 6.00. The molecule has 23 heavy (non-hydrogen) atoms. The van der Waals surface area contributed by atoms with E-state index >= 15 is 0 Å². The van der Waals surface area contributed by atoms with E-state index in [0.29, 0.717) is 0 Å². The lowest BCUT2D eigenvalue weighted by molar-refractivity contribution is 0.262. The van der Waals surface area contributed by atoms with E-state index in [2.05, 4.69) is 35.4 Å². The number of anilines is 3. The summed E-state index contributed by atoms with van der Waals surface area (Å²) in [5, 5.41) is 5.77. The van der Waals surface area contributed by atoms with Crippen molar-refractivity contribution >= 4 is 23.1 Å². The van der Waals surface area contributed by atoms with Crippen LogP contribution in [0.1, 0.15) is 25.0 Å². The number of nitrogens with one attached hydrogen (secondary N) is 2. The lowest BCUT2D eigenvalue weighted by Gasteiger charge is -2.22. The fourth-order valence-electron chi connectivity index (χ4n) is 2.58. The van der Waals surface area contributed by atoms with Gasteiger partial charge in [0.25, 0.3) is 0 Å². The molecule has 2 rings (SSSR count). The van der Waals surface area contributed by atoms with Crippen LogP contribution >= 0.6 is 0 Å². The Kier molecular flexibility index (Phi) is 5.63. The molecule has 4 nitrogen and oxygen atoms in total. The number of aryl methyl sites for hydroxylation is 2. The molecular formula is C19H25N3O. The molecule has 0 aliphatic carbocycles. The summed E-state index contributed by atoms with van der Waals surface area (Å²) in [6.07, 6.45) is 0. The fourth-order valence-corrected chi connectivity index (χ4v) is 2.58. The van der Waals surface area contributed by atoms with Crippen molar-refractivity contribution in [1.82, 2.24) is 0 Å². The smallest absolute Gasteiger partial charge is 0.323 e. The van der Waals surface area contributed by atoms with Gasteiger partial charge in [0, 0.05) is 30.2 Å². The summed E-state index contributed by atoms with van der Waals surface area (Å²) in [7, 11) is 0. The second-order valence-corrected chi connectivity index (χ2v) is 5.62. The molecule has 0 saturated heterocycles. The number of carbonyl (C=O) groups is 1. The van der Waals surface area contributed by atoms with Crippen molar-refractivity contribution in [2.24, 2.45) is 0 Å². The minimum absolute atomic E-state index is 0.228. The maximum Gasteiger partial charge on any atom is 0.323 e. The van der Waals surface area contributed by atoms with Crippen LogP contribution in [0.5, 0.6) is 0 Å². The van der Waals surface area contributed by atoms with Gasteiger partial charge in [-0.1, -0.05) is 12.1 Å². The monoisotopic (exact) mass is 311 g/mol. The van der Waals surface area contributed by atoms with Gasteiger partial charge in [0.1, 0.15) is 0 Å². The third-order valence-electron chi connectivity index (χ3n) is 3.86. The van der Waals surface area contributed by atoms with Gasteiger partial charge in [-0.25, -0.2) is 4.79 Å². The summed E-state index contributed by atoms with van der Waals surface area (Å²) in [5.41, 5.74) is 4.96. The first-order chi connectivity index (χ1) is 11.0. The number of benzene rings is 2. The maximum atomic E-state index is 12.1. The van der Waals surface area contributed by atoms with Gasteiger partial charge in [-0.05, 0) is 69.2 Å². The Labute approximate surface area is 138 Å². The fraction of sp³-hybridized carbons (Fsp3) is 0.316. The topological polar surface area (TPSA) is 44.4 Å². The molecular weight excluding hydrogens is 286 g/mol. The summed E-state index contributed by atoms with van der Waals surface area (Å²) in [5.74, 6) is 0. The van der Waals surface area contributed by atoms with E-state index in [1.54, 1.807) is 0 Å². The molecule has 0 radical (unpaired) electrons. The molecule has 0 heterocycles. The molecule has 0 aromatic heterocycles. The Morgan fingerprint density at radius 2 is 1.74 bits per heavy atom. The van der Waals surface area contributed by atoms with Gasteiger partial charge >= 0.3 is 6.03 Å². The van der Waals surface area contributed by atoms with Crippen molar-refractivity contribution in [3.63, 3.8) is 0 Å². The van der Waals surface area contributed by atoms with E-state index in [9.17, 15) is 4.79 Å².